The zero-order valence-electron chi connectivity index (χ0n) is 13.7. The summed E-state index contributed by atoms with van der Waals surface area (Å²) in [5.74, 6) is -0.808. The van der Waals surface area contributed by atoms with Gasteiger partial charge in [0, 0.05) is 12.5 Å². The summed E-state index contributed by atoms with van der Waals surface area (Å²) in [7, 11) is -3.25. The fraction of sp³-hybridized carbons (Fsp3) is 0.278. The number of carbonyl (C=O) groups is 1. The molecular formula is C18H21NO4S. The zero-order chi connectivity index (χ0) is 17.7. The molecule has 0 aliphatic rings. The number of hydrogen-bond acceptors (Lipinski definition) is 3. The predicted molar refractivity (Wildman–Crippen MR) is 94.2 cm³/mol. The van der Waals surface area contributed by atoms with Crippen LogP contribution in [0.4, 0.5) is 0 Å². The Morgan fingerprint density at radius 3 is 2.38 bits per heavy atom. The third-order valence-corrected chi connectivity index (χ3v) is 4.47. The van der Waals surface area contributed by atoms with E-state index in [1.807, 2.05) is 48.5 Å². The number of sulfonamides is 1. The van der Waals surface area contributed by atoms with Gasteiger partial charge in [-0.25, -0.2) is 13.1 Å². The summed E-state index contributed by atoms with van der Waals surface area (Å²) in [4.78, 5) is 10.7. The number of hydrogen-bond donors (Lipinski definition) is 2. The first kappa shape index (κ1) is 18.2. The summed E-state index contributed by atoms with van der Waals surface area (Å²) in [5.41, 5.74) is 3.87. The molecule has 0 aliphatic heterocycles. The van der Waals surface area contributed by atoms with Gasteiger partial charge in [0.1, 0.15) is 0 Å². The maximum atomic E-state index is 11.3. The third kappa shape index (κ3) is 5.47. The first-order chi connectivity index (χ1) is 11.2. The van der Waals surface area contributed by atoms with Crippen LogP contribution < -0.4 is 4.72 Å². The minimum atomic E-state index is -3.25. The minimum absolute atomic E-state index is 0.108. The molecule has 0 heterocycles. The largest absolute Gasteiger partial charge is 0.481 e. The summed E-state index contributed by atoms with van der Waals surface area (Å²) < 4.78 is 25.1. The number of aryl methyl sites for hydroxylation is 1. The number of carboxylic acids is 1. The average Bonchev–Trinajstić information content (AvgIpc) is 2.52. The van der Waals surface area contributed by atoms with E-state index in [9.17, 15) is 13.2 Å². The number of benzene rings is 2. The van der Waals surface area contributed by atoms with Crippen molar-refractivity contribution in [2.24, 2.45) is 0 Å². The maximum Gasteiger partial charge on any atom is 0.303 e. The van der Waals surface area contributed by atoms with Gasteiger partial charge in [-0.1, -0.05) is 48.5 Å². The van der Waals surface area contributed by atoms with Gasteiger partial charge in [-0.15, -0.1) is 0 Å². The van der Waals surface area contributed by atoms with E-state index in [0.717, 1.165) is 28.5 Å². The molecule has 2 N–H and O–H groups in total. The molecule has 0 aliphatic carbocycles. The Morgan fingerprint density at radius 2 is 1.79 bits per heavy atom. The molecule has 1 atom stereocenters. The second-order valence-corrected chi connectivity index (χ2v) is 7.61. The van der Waals surface area contributed by atoms with Crippen LogP contribution in [-0.2, 0) is 21.2 Å². The molecule has 2 aromatic carbocycles. The van der Waals surface area contributed by atoms with Gasteiger partial charge < -0.3 is 5.11 Å². The average molecular weight is 347 g/mol. The van der Waals surface area contributed by atoms with Crippen molar-refractivity contribution in [1.82, 2.24) is 4.72 Å². The third-order valence-electron chi connectivity index (χ3n) is 3.69. The molecular weight excluding hydrogens is 326 g/mol. The molecule has 2 rings (SSSR count). The minimum Gasteiger partial charge on any atom is -0.481 e. The first-order valence-corrected chi connectivity index (χ1v) is 9.52. The van der Waals surface area contributed by atoms with Gasteiger partial charge in [-0.2, -0.15) is 0 Å². The van der Waals surface area contributed by atoms with Gasteiger partial charge in [0.2, 0.25) is 10.0 Å². The van der Waals surface area contributed by atoms with Crippen LogP contribution in [0.25, 0.3) is 11.1 Å². The number of nitrogens with one attached hydrogen (secondary N) is 1. The molecule has 0 saturated heterocycles. The molecule has 0 amide bonds. The Hall–Kier alpha value is -2.18. The number of aliphatic carboxylic acids is 1. The summed E-state index contributed by atoms with van der Waals surface area (Å²) in [5, 5.41) is 8.78. The van der Waals surface area contributed by atoms with Crippen LogP contribution in [0.5, 0.6) is 0 Å². The first-order valence-electron chi connectivity index (χ1n) is 7.63. The van der Waals surface area contributed by atoms with Crippen molar-refractivity contribution in [3.8, 4) is 11.1 Å². The van der Waals surface area contributed by atoms with Gasteiger partial charge in [-0.3, -0.25) is 4.79 Å². The van der Waals surface area contributed by atoms with Gasteiger partial charge in [0.15, 0.2) is 0 Å². The predicted octanol–water partition coefficient (Wildman–Crippen LogP) is 2.98. The normalized spacial score (nSPS) is 12.8. The van der Waals surface area contributed by atoms with E-state index in [-0.39, 0.29) is 12.5 Å². The quantitative estimate of drug-likeness (QED) is 0.806. The number of carboxylic acid groups (broad SMARTS) is 1. The fourth-order valence-corrected chi connectivity index (χ4v) is 3.29. The van der Waals surface area contributed by atoms with Crippen molar-refractivity contribution in [3.63, 3.8) is 0 Å². The van der Waals surface area contributed by atoms with E-state index in [0.29, 0.717) is 6.42 Å². The fourth-order valence-electron chi connectivity index (χ4n) is 2.51. The lowest BCUT2D eigenvalue weighted by molar-refractivity contribution is -0.136. The van der Waals surface area contributed by atoms with Gasteiger partial charge in [-0.05, 0) is 35.6 Å². The second kappa shape index (κ2) is 7.59. The van der Waals surface area contributed by atoms with Crippen molar-refractivity contribution in [2.45, 2.75) is 25.8 Å². The highest BCUT2D eigenvalue weighted by Gasteiger charge is 2.11. The molecule has 0 spiro atoms. The molecule has 5 nitrogen and oxygen atoms in total. The summed E-state index contributed by atoms with van der Waals surface area (Å²) >= 11 is 0. The second-order valence-electron chi connectivity index (χ2n) is 5.83. The smallest absolute Gasteiger partial charge is 0.303 e. The molecule has 0 unspecified atom stereocenters. The Bertz CT molecular complexity index is 813. The van der Waals surface area contributed by atoms with Gasteiger partial charge in [0.25, 0.3) is 0 Å². The van der Waals surface area contributed by atoms with Crippen molar-refractivity contribution in [2.75, 3.05) is 6.26 Å². The molecule has 2 aromatic rings. The molecule has 6 heteroatoms. The summed E-state index contributed by atoms with van der Waals surface area (Å²) in [6.45, 7) is 1.79. The molecule has 0 aromatic heterocycles. The van der Waals surface area contributed by atoms with E-state index in [2.05, 4.69) is 4.72 Å². The lowest BCUT2D eigenvalue weighted by Gasteiger charge is -2.13. The lowest BCUT2D eigenvalue weighted by Crippen LogP contribution is -2.25. The highest BCUT2D eigenvalue weighted by molar-refractivity contribution is 7.88. The Labute approximate surface area is 142 Å². The van der Waals surface area contributed by atoms with E-state index >= 15 is 0 Å². The van der Waals surface area contributed by atoms with E-state index in [4.69, 9.17) is 5.11 Å². The van der Waals surface area contributed by atoms with E-state index in [1.165, 1.54) is 0 Å². The van der Waals surface area contributed by atoms with E-state index in [1.54, 1.807) is 6.92 Å². The summed E-state index contributed by atoms with van der Waals surface area (Å²) in [6.07, 6.45) is 1.74. The monoisotopic (exact) mass is 347 g/mol. The van der Waals surface area contributed by atoms with Crippen molar-refractivity contribution >= 4 is 16.0 Å². The number of rotatable bonds is 7. The van der Waals surface area contributed by atoms with Crippen molar-refractivity contribution in [1.29, 1.82) is 0 Å². The van der Waals surface area contributed by atoms with Crippen molar-refractivity contribution in [3.05, 3.63) is 59.7 Å². The maximum absolute atomic E-state index is 11.3. The Kier molecular flexibility index (Phi) is 5.75. The molecule has 0 bridgehead atoms. The standard InChI is InChI=1S/C18H21NO4S/c1-13(19-24(2,22)23)15-7-9-16(10-8-15)17-5-3-4-14(12-17)6-11-18(20)21/h3-5,7-10,12-13,19H,6,11H2,1-2H3,(H,20,21)/t13-/m0/s1. The highest BCUT2D eigenvalue weighted by atomic mass is 32.2. The van der Waals surface area contributed by atoms with Gasteiger partial charge in [0.05, 0.1) is 6.26 Å². The topological polar surface area (TPSA) is 83.5 Å². The van der Waals surface area contributed by atoms with Crippen LogP contribution in [0.15, 0.2) is 48.5 Å². The molecule has 0 saturated carbocycles. The Morgan fingerprint density at radius 1 is 1.12 bits per heavy atom. The molecule has 0 radical (unpaired) electrons. The van der Waals surface area contributed by atoms with Gasteiger partial charge >= 0.3 is 5.97 Å². The van der Waals surface area contributed by atoms with E-state index < -0.39 is 16.0 Å². The van der Waals surface area contributed by atoms with Crippen LogP contribution in [0.3, 0.4) is 0 Å². The zero-order valence-corrected chi connectivity index (χ0v) is 14.5. The van der Waals surface area contributed by atoms with Crippen LogP contribution in [0.2, 0.25) is 0 Å². The summed E-state index contributed by atoms with van der Waals surface area (Å²) in [6, 6.07) is 15.1. The highest BCUT2D eigenvalue weighted by Crippen LogP contribution is 2.23. The van der Waals surface area contributed by atoms with Crippen molar-refractivity contribution < 1.29 is 18.3 Å². The molecule has 0 fully saturated rings. The van der Waals surface area contributed by atoms with Crippen LogP contribution in [0.1, 0.15) is 30.5 Å². The Balaban J connectivity index is 2.16. The van der Waals surface area contributed by atoms with Crippen LogP contribution >= 0.6 is 0 Å². The van der Waals surface area contributed by atoms with Crippen LogP contribution in [-0.4, -0.2) is 25.7 Å². The van der Waals surface area contributed by atoms with Crippen LogP contribution in [0, 0.1) is 0 Å². The molecule has 128 valence electrons. The lowest BCUT2D eigenvalue weighted by atomic mass is 9.99. The SMILES string of the molecule is C[C@H](NS(C)(=O)=O)c1ccc(-c2cccc(CCC(=O)O)c2)cc1. The molecule has 24 heavy (non-hydrogen) atoms.